The highest BCUT2D eigenvalue weighted by Gasteiger charge is 2.18. The fourth-order valence-corrected chi connectivity index (χ4v) is 3.04. The predicted molar refractivity (Wildman–Crippen MR) is 98.0 cm³/mol. The molecule has 0 unspecified atom stereocenters. The van der Waals surface area contributed by atoms with E-state index in [2.05, 4.69) is 22.2 Å². The Bertz CT molecular complexity index is 679. The lowest BCUT2D eigenvalue weighted by Crippen LogP contribution is -3.13. The highest BCUT2D eigenvalue weighted by molar-refractivity contribution is 6.30. The molecule has 0 amide bonds. The van der Waals surface area contributed by atoms with Crippen molar-refractivity contribution in [3.63, 3.8) is 0 Å². The first-order chi connectivity index (χ1) is 11.7. The zero-order valence-electron chi connectivity index (χ0n) is 13.9. The van der Waals surface area contributed by atoms with Crippen LogP contribution in [0.15, 0.2) is 53.6 Å². The van der Waals surface area contributed by atoms with Gasteiger partial charge in [0.15, 0.2) is 0 Å². The molecule has 1 aliphatic rings. The number of rotatable bonds is 5. The van der Waals surface area contributed by atoms with Crippen molar-refractivity contribution >= 4 is 17.8 Å². The summed E-state index contributed by atoms with van der Waals surface area (Å²) in [5, 5.41) is 7.54. The zero-order valence-corrected chi connectivity index (χ0v) is 14.7. The lowest BCUT2D eigenvalue weighted by Gasteiger charge is -2.30. The maximum Gasteiger partial charge on any atom is 0.127 e. The summed E-state index contributed by atoms with van der Waals surface area (Å²) in [5.74, 6) is 0.855. The van der Waals surface area contributed by atoms with Gasteiger partial charge in [-0.25, -0.2) is 0 Å². The molecule has 1 saturated heterocycles. The number of methoxy groups -OCH3 is 1. The van der Waals surface area contributed by atoms with E-state index in [1.807, 2.05) is 42.6 Å². The molecule has 1 heterocycles. The Labute approximate surface area is 148 Å². The van der Waals surface area contributed by atoms with Gasteiger partial charge < -0.3 is 9.64 Å². The maximum atomic E-state index is 5.94. The summed E-state index contributed by atoms with van der Waals surface area (Å²) in [6.45, 7) is 5.15. The van der Waals surface area contributed by atoms with Crippen LogP contribution >= 0.6 is 11.6 Å². The topological polar surface area (TPSA) is 29.3 Å². The van der Waals surface area contributed by atoms with Crippen LogP contribution in [0.2, 0.25) is 5.02 Å². The first-order valence-electron chi connectivity index (χ1n) is 8.24. The monoisotopic (exact) mass is 344 g/mol. The standard InChI is InChI=1S/C19H22ClN3O/c1-24-19-5-3-2-4-17(19)14-21-23-12-10-22(11-13-23)15-16-6-8-18(20)9-7-16/h2-9,14H,10-13,15H2,1H3/p+1/b21-14-. The van der Waals surface area contributed by atoms with Gasteiger partial charge in [-0.2, -0.15) is 5.10 Å². The molecule has 5 heteroatoms. The van der Waals surface area contributed by atoms with Crippen molar-refractivity contribution in [1.29, 1.82) is 0 Å². The molecule has 0 aliphatic carbocycles. The van der Waals surface area contributed by atoms with E-state index in [0.29, 0.717) is 0 Å². The Morgan fingerprint density at radius 1 is 1.12 bits per heavy atom. The minimum atomic E-state index is 0.796. The first kappa shape index (κ1) is 16.8. The highest BCUT2D eigenvalue weighted by Crippen LogP contribution is 2.15. The SMILES string of the molecule is COc1ccccc1/C=N\N1CC[NH+](Cc2ccc(Cl)cc2)CC1. The largest absolute Gasteiger partial charge is 0.496 e. The van der Waals surface area contributed by atoms with Crippen LogP contribution in [0.5, 0.6) is 5.75 Å². The van der Waals surface area contributed by atoms with Crippen LogP contribution in [0.25, 0.3) is 0 Å². The number of quaternary nitrogens is 1. The van der Waals surface area contributed by atoms with Crippen molar-refractivity contribution in [2.24, 2.45) is 5.10 Å². The van der Waals surface area contributed by atoms with Gasteiger partial charge in [0.05, 0.1) is 39.5 Å². The molecule has 2 aromatic rings. The molecule has 3 rings (SSSR count). The number of hydrazone groups is 1. The van der Waals surface area contributed by atoms with Crippen molar-refractivity contribution in [2.45, 2.75) is 6.54 Å². The van der Waals surface area contributed by atoms with Gasteiger partial charge in [0, 0.05) is 16.1 Å². The first-order valence-corrected chi connectivity index (χ1v) is 8.62. The molecule has 0 atom stereocenters. The van der Waals surface area contributed by atoms with Crippen LogP contribution in [-0.2, 0) is 6.54 Å². The Kier molecular flexibility index (Phi) is 5.72. The molecule has 0 saturated carbocycles. The smallest absolute Gasteiger partial charge is 0.127 e. The number of hydrogen-bond donors (Lipinski definition) is 1. The molecule has 0 spiro atoms. The summed E-state index contributed by atoms with van der Waals surface area (Å²) in [5.41, 5.74) is 2.34. The van der Waals surface area contributed by atoms with E-state index in [0.717, 1.165) is 49.1 Å². The van der Waals surface area contributed by atoms with Crippen LogP contribution in [0.4, 0.5) is 0 Å². The number of benzene rings is 2. The lowest BCUT2D eigenvalue weighted by molar-refractivity contribution is -0.918. The third kappa shape index (κ3) is 4.49. The van der Waals surface area contributed by atoms with Gasteiger partial charge in [-0.3, -0.25) is 5.01 Å². The van der Waals surface area contributed by atoms with E-state index in [1.54, 1.807) is 12.0 Å². The van der Waals surface area contributed by atoms with Crippen molar-refractivity contribution in [1.82, 2.24) is 5.01 Å². The van der Waals surface area contributed by atoms with Crippen LogP contribution in [0.3, 0.4) is 0 Å². The molecule has 126 valence electrons. The molecular weight excluding hydrogens is 322 g/mol. The molecule has 1 fully saturated rings. The summed E-state index contributed by atoms with van der Waals surface area (Å²) in [6.07, 6.45) is 1.89. The van der Waals surface area contributed by atoms with Crippen LogP contribution in [0, 0.1) is 0 Å². The highest BCUT2D eigenvalue weighted by atomic mass is 35.5. The van der Waals surface area contributed by atoms with Crippen molar-refractivity contribution in [3.8, 4) is 5.75 Å². The second-order valence-electron chi connectivity index (χ2n) is 5.99. The van der Waals surface area contributed by atoms with E-state index in [4.69, 9.17) is 16.3 Å². The minimum Gasteiger partial charge on any atom is -0.496 e. The van der Waals surface area contributed by atoms with E-state index >= 15 is 0 Å². The van der Waals surface area contributed by atoms with Gasteiger partial charge in [-0.05, 0) is 24.3 Å². The van der Waals surface area contributed by atoms with Crippen LogP contribution in [0.1, 0.15) is 11.1 Å². The third-order valence-electron chi connectivity index (χ3n) is 4.31. The molecule has 24 heavy (non-hydrogen) atoms. The summed E-state index contributed by atoms with van der Waals surface area (Å²) >= 11 is 5.94. The number of ether oxygens (including phenoxy) is 1. The summed E-state index contributed by atoms with van der Waals surface area (Å²) in [7, 11) is 1.69. The van der Waals surface area contributed by atoms with Gasteiger partial charge in [0.2, 0.25) is 0 Å². The summed E-state index contributed by atoms with van der Waals surface area (Å²) < 4.78 is 5.35. The van der Waals surface area contributed by atoms with Crippen molar-refractivity contribution in [2.75, 3.05) is 33.3 Å². The minimum absolute atomic E-state index is 0.796. The van der Waals surface area contributed by atoms with E-state index in [1.165, 1.54) is 5.56 Å². The molecule has 4 nitrogen and oxygen atoms in total. The third-order valence-corrected chi connectivity index (χ3v) is 4.57. The number of para-hydroxylation sites is 1. The molecule has 1 N–H and O–H groups in total. The molecular formula is C19H23ClN3O+. The number of hydrogen-bond acceptors (Lipinski definition) is 3. The molecule has 0 radical (unpaired) electrons. The Morgan fingerprint density at radius 3 is 2.54 bits per heavy atom. The summed E-state index contributed by atoms with van der Waals surface area (Å²) in [4.78, 5) is 1.58. The Balaban J connectivity index is 1.51. The van der Waals surface area contributed by atoms with Crippen molar-refractivity contribution < 1.29 is 9.64 Å². The maximum absolute atomic E-state index is 5.94. The van der Waals surface area contributed by atoms with Gasteiger partial charge >= 0.3 is 0 Å². The second kappa shape index (κ2) is 8.18. The quantitative estimate of drug-likeness (QED) is 0.842. The average Bonchev–Trinajstić information content (AvgIpc) is 2.63. The lowest BCUT2D eigenvalue weighted by atomic mass is 10.2. The van der Waals surface area contributed by atoms with E-state index < -0.39 is 0 Å². The summed E-state index contributed by atoms with van der Waals surface area (Å²) in [6, 6.07) is 16.1. The number of nitrogens with zero attached hydrogens (tertiary/aromatic N) is 2. The molecule has 1 aliphatic heterocycles. The second-order valence-corrected chi connectivity index (χ2v) is 6.43. The van der Waals surface area contributed by atoms with E-state index in [-0.39, 0.29) is 0 Å². The normalized spacial score (nSPS) is 15.8. The van der Waals surface area contributed by atoms with E-state index in [9.17, 15) is 0 Å². The van der Waals surface area contributed by atoms with Gasteiger partial charge in [-0.15, -0.1) is 0 Å². The molecule has 0 bridgehead atoms. The number of piperazine rings is 1. The van der Waals surface area contributed by atoms with Gasteiger partial charge in [0.1, 0.15) is 12.3 Å². The Hall–Kier alpha value is -2.04. The molecule has 0 aromatic heterocycles. The zero-order chi connectivity index (χ0) is 16.8. The van der Waals surface area contributed by atoms with Gasteiger partial charge in [-0.1, -0.05) is 35.9 Å². The molecule has 2 aromatic carbocycles. The number of nitrogens with one attached hydrogen (secondary N) is 1. The fraction of sp³-hybridized carbons (Fsp3) is 0.316. The van der Waals surface area contributed by atoms with Gasteiger partial charge in [0.25, 0.3) is 0 Å². The number of halogens is 1. The predicted octanol–water partition coefficient (Wildman–Crippen LogP) is 2.08. The van der Waals surface area contributed by atoms with Crippen LogP contribution in [-0.4, -0.2) is 44.5 Å². The average molecular weight is 345 g/mol. The van der Waals surface area contributed by atoms with Crippen molar-refractivity contribution in [3.05, 3.63) is 64.7 Å². The van der Waals surface area contributed by atoms with Crippen LogP contribution < -0.4 is 9.64 Å². The fourth-order valence-electron chi connectivity index (χ4n) is 2.91. The Morgan fingerprint density at radius 2 is 1.83 bits per heavy atom.